The van der Waals surface area contributed by atoms with Gasteiger partial charge in [0.05, 0.1) is 12.0 Å². The number of hydrogen-bond acceptors (Lipinski definition) is 3. The maximum atomic E-state index is 12.9. The number of urea groups is 1. The summed E-state index contributed by atoms with van der Waals surface area (Å²) in [5.41, 5.74) is 4.12. The van der Waals surface area contributed by atoms with Crippen molar-refractivity contribution >= 4 is 17.4 Å². The quantitative estimate of drug-likeness (QED) is 0.769. The Morgan fingerprint density at radius 1 is 1.08 bits per heavy atom. The van der Waals surface area contributed by atoms with E-state index in [9.17, 15) is 4.79 Å². The normalized spacial score (nSPS) is 20.8. The Bertz CT molecular complexity index is 803. The topological polar surface area (TPSA) is 41.4 Å². The molecule has 1 saturated heterocycles. The molecule has 26 heavy (non-hydrogen) atoms. The van der Waals surface area contributed by atoms with Crippen molar-refractivity contribution in [3.05, 3.63) is 39.6 Å². The largest absolute Gasteiger partial charge is 0.331 e. The molecule has 0 spiro atoms. The molecule has 1 aliphatic carbocycles. The number of rotatable bonds is 1. The number of hydrogen-bond donors (Lipinski definition) is 0. The lowest BCUT2D eigenvalue weighted by atomic mass is 9.99. The fourth-order valence-corrected chi connectivity index (χ4v) is 5.64. The zero-order chi connectivity index (χ0) is 17.5. The average Bonchev–Trinajstić information content (AvgIpc) is 3.34. The number of likely N-dealkylation sites (tertiary alicyclic amines) is 1. The second kappa shape index (κ2) is 6.72. The van der Waals surface area contributed by atoms with E-state index in [2.05, 4.69) is 32.2 Å². The zero-order valence-electron chi connectivity index (χ0n) is 15.2. The summed E-state index contributed by atoms with van der Waals surface area (Å²) in [6.07, 6.45) is 10.0. The van der Waals surface area contributed by atoms with Crippen molar-refractivity contribution < 1.29 is 4.79 Å². The minimum Gasteiger partial charge on any atom is -0.331 e. The third-order valence-corrected chi connectivity index (χ3v) is 7.29. The molecular formula is C20H26N4OS. The van der Waals surface area contributed by atoms with Gasteiger partial charge >= 0.3 is 6.03 Å². The van der Waals surface area contributed by atoms with Crippen molar-refractivity contribution in [3.8, 4) is 0 Å². The zero-order valence-corrected chi connectivity index (χ0v) is 16.0. The van der Waals surface area contributed by atoms with Crippen LogP contribution in [0.5, 0.6) is 0 Å². The molecule has 3 aliphatic rings. The van der Waals surface area contributed by atoms with Gasteiger partial charge in [-0.05, 0) is 62.0 Å². The molecule has 6 heteroatoms. The van der Waals surface area contributed by atoms with E-state index in [0.717, 1.165) is 51.9 Å². The molecule has 2 amide bonds. The minimum absolute atomic E-state index is 0.230. The van der Waals surface area contributed by atoms with Crippen molar-refractivity contribution in [2.75, 3.05) is 19.6 Å². The molecule has 0 saturated carbocycles. The standard InChI is InChI=1S/C20H26N4OS/c25-20(23-11-7-19-15(13-23)8-12-26-19)22-9-5-16(6-10-22)24-14-21-17-3-1-2-4-18(17)24/h8,12,14,16H,1-7,9-11,13H2. The molecule has 0 atom stereocenters. The van der Waals surface area contributed by atoms with Crippen molar-refractivity contribution in [2.45, 2.75) is 57.5 Å². The summed E-state index contributed by atoms with van der Waals surface area (Å²) in [5, 5.41) is 2.15. The van der Waals surface area contributed by atoms with Gasteiger partial charge in [0.15, 0.2) is 0 Å². The van der Waals surface area contributed by atoms with Crippen molar-refractivity contribution in [1.82, 2.24) is 19.4 Å². The van der Waals surface area contributed by atoms with Crippen LogP contribution in [0.25, 0.3) is 0 Å². The number of imidazole rings is 1. The fraction of sp³-hybridized carbons (Fsp3) is 0.600. The van der Waals surface area contributed by atoms with E-state index >= 15 is 0 Å². The first-order valence-electron chi connectivity index (χ1n) is 9.93. The molecule has 138 valence electrons. The molecule has 2 aromatic rings. The molecule has 2 aromatic heterocycles. The highest BCUT2D eigenvalue weighted by molar-refractivity contribution is 7.10. The maximum Gasteiger partial charge on any atom is 0.320 e. The van der Waals surface area contributed by atoms with Crippen LogP contribution < -0.4 is 0 Å². The first-order chi connectivity index (χ1) is 12.8. The molecule has 0 unspecified atom stereocenters. The van der Waals surface area contributed by atoms with Gasteiger partial charge < -0.3 is 14.4 Å². The van der Waals surface area contributed by atoms with E-state index in [1.807, 2.05) is 16.2 Å². The highest BCUT2D eigenvalue weighted by Gasteiger charge is 2.30. The Hall–Kier alpha value is -1.82. The van der Waals surface area contributed by atoms with Crippen molar-refractivity contribution in [1.29, 1.82) is 0 Å². The Morgan fingerprint density at radius 3 is 2.81 bits per heavy atom. The van der Waals surface area contributed by atoms with E-state index < -0.39 is 0 Å². The maximum absolute atomic E-state index is 12.9. The summed E-state index contributed by atoms with van der Waals surface area (Å²) in [4.78, 5) is 23.2. The minimum atomic E-state index is 0.230. The third kappa shape index (κ3) is 2.84. The first kappa shape index (κ1) is 16.4. The number of thiophene rings is 1. The van der Waals surface area contributed by atoms with Crippen LogP contribution in [-0.2, 0) is 25.8 Å². The summed E-state index contributed by atoms with van der Waals surface area (Å²) < 4.78 is 2.43. The Kier molecular flexibility index (Phi) is 4.23. The van der Waals surface area contributed by atoms with Crippen LogP contribution in [0, 0.1) is 0 Å². The lowest BCUT2D eigenvalue weighted by Crippen LogP contribution is -2.48. The van der Waals surface area contributed by atoms with Crippen LogP contribution >= 0.6 is 11.3 Å². The van der Waals surface area contributed by atoms with E-state index in [1.165, 1.54) is 41.1 Å². The second-order valence-electron chi connectivity index (χ2n) is 7.79. The molecule has 1 fully saturated rings. The van der Waals surface area contributed by atoms with Crippen molar-refractivity contribution in [3.63, 3.8) is 0 Å². The van der Waals surface area contributed by atoms with Gasteiger partial charge in [-0.1, -0.05) is 0 Å². The van der Waals surface area contributed by atoms with Crippen molar-refractivity contribution in [2.24, 2.45) is 0 Å². The molecule has 0 aromatic carbocycles. The molecular weight excluding hydrogens is 344 g/mol. The summed E-state index contributed by atoms with van der Waals surface area (Å²) in [5.74, 6) is 0. The van der Waals surface area contributed by atoms with Gasteiger partial charge in [0.25, 0.3) is 0 Å². The number of carbonyl (C=O) groups is 1. The number of aryl methyl sites for hydroxylation is 1. The number of amides is 2. The monoisotopic (exact) mass is 370 g/mol. The Labute approximate surface area is 158 Å². The molecule has 2 aliphatic heterocycles. The fourth-order valence-electron chi connectivity index (χ4n) is 4.75. The van der Waals surface area contributed by atoms with Gasteiger partial charge in [0, 0.05) is 42.8 Å². The molecule has 4 heterocycles. The molecule has 0 N–H and O–H groups in total. The Morgan fingerprint density at radius 2 is 1.92 bits per heavy atom. The predicted octanol–water partition coefficient (Wildman–Crippen LogP) is 3.64. The lowest BCUT2D eigenvalue weighted by molar-refractivity contribution is 0.129. The van der Waals surface area contributed by atoms with E-state index in [4.69, 9.17) is 0 Å². The van der Waals surface area contributed by atoms with Crippen LogP contribution in [0.4, 0.5) is 4.79 Å². The number of aromatic nitrogens is 2. The number of carbonyl (C=O) groups excluding carboxylic acids is 1. The van der Waals surface area contributed by atoms with Gasteiger partial charge in [-0.15, -0.1) is 11.3 Å². The molecule has 0 radical (unpaired) electrons. The third-order valence-electron chi connectivity index (χ3n) is 6.27. The van der Waals surface area contributed by atoms with E-state index in [1.54, 1.807) is 0 Å². The van der Waals surface area contributed by atoms with Gasteiger partial charge in [-0.25, -0.2) is 9.78 Å². The highest BCUT2D eigenvalue weighted by Crippen LogP contribution is 2.30. The van der Waals surface area contributed by atoms with Crippen LogP contribution in [0.15, 0.2) is 17.8 Å². The average molecular weight is 371 g/mol. The van der Waals surface area contributed by atoms with E-state index in [0.29, 0.717) is 6.04 Å². The molecule has 5 rings (SSSR count). The number of piperidine rings is 1. The van der Waals surface area contributed by atoms with Crippen LogP contribution in [0.3, 0.4) is 0 Å². The summed E-state index contributed by atoms with van der Waals surface area (Å²) >= 11 is 1.82. The Balaban J connectivity index is 1.22. The number of nitrogens with zero attached hydrogens (tertiary/aromatic N) is 4. The van der Waals surface area contributed by atoms with E-state index in [-0.39, 0.29) is 6.03 Å². The van der Waals surface area contributed by atoms with Crippen LogP contribution in [0.1, 0.15) is 53.6 Å². The van der Waals surface area contributed by atoms with Gasteiger partial charge in [0.1, 0.15) is 0 Å². The predicted molar refractivity (Wildman–Crippen MR) is 103 cm³/mol. The molecule has 5 nitrogen and oxygen atoms in total. The number of fused-ring (bicyclic) bond motifs is 2. The van der Waals surface area contributed by atoms with Gasteiger partial charge in [0.2, 0.25) is 0 Å². The lowest BCUT2D eigenvalue weighted by Gasteiger charge is -2.37. The second-order valence-corrected chi connectivity index (χ2v) is 8.79. The van der Waals surface area contributed by atoms with Gasteiger partial charge in [-0.2, -0.15) is 0 Å². The van der Waals surface area contributed by atoms with Crippen LogP contribution in [0.2, 0.25) is 0 Å². The summed E-state index contributed by atoms with van der Waals surface area (Å²) in [6.45, 7) is 3.38. The van der Waals surface area contributed by atoms with Gasteiger partial charge in [-0.3, -0.25) is 0 Å². The first-order valence-corrected chi connectivity index (χ1v) is 10.8. The molecule has 0 bridgehead atoms. The summed E-state index contributed by atoms with van der Waals surface area (Å²) in [6, 6.07) is 2.92. The smallest absolute Gasteiger partial charge is 0.320 e. The SMILES string of the molecule is O=C(N1CCC(n2cnc3c2CCCC3)CC1)N1CCc2sccc2C1. The highest BCUT2D eigenvalue weighted by atomic mass is 32.1. The van der Waals surface area contributed by atoms with Crippen LogP contribution in [-0.4, -0.2) is 45.0 Å². The summed E-state index contributed by atoms with van der Waals surface area (Å²) in [7, 11) is 0.